The van der Waals surface area contributed by atoms with Gasteiger partial charge in [-0.25, -0.2) is 0 Å². The molecule has 0 bridgehead atoms. The first kappa shape index (κ1) is 22.4. The molecule has 4 unspecified atom stereocenters. The lowest BCUT2D eigenvalue weighted by molar-refractivity contribution is -0.137. The number of hydrogen-bond donors (Lipinski definition) is 1. The Morgan fingerprint density at radius 1 is 1.09 bits per heavy atom. The molecule has 3 nitrogen and oxygen atoms in total. The predicted molar refractivity (Wildman–Crippen MR) is 137 cm³/mol. The Kier molecular flexibility index (Phi) is 5.16. The summed E-state index contributed by atoms with van der Waals surface area (Å²) in [5, 5.41) is 12.2. The summed E-state index contributed by atoms with van der Waals surface area (Å²) in [5.41, 5.74) is 3.82. The van der Waals surface area contributed by atoms with E-state index in [-0.39, 0.29) is 5.41 Å². The molecular formula is C32H40O3. The van der Waals surface area contributed by atoms with Crippen LogP contribution in [-0.4, -0.2) is 22.9 Å². The maximum atomic E-state index is 12.2. The highest BCUT2D eigenvalue weighted by molar-refractivity contribution is 5.42. The summed E-state index contributed by atoms with van der Waals surface area (Å²) < 4.78 is 12.1. The van der Waals surface area contributed by atoms with Crippen molar-refractivity contribution in [1.82, 2.24) is 0 Å². The number of benzene rings is 2. The van der Waals surface area contributed by atoms with Gasteiger partial charge in [0, 0.05) is 6.42 Å². The van der Waals surface area contributed by atoms with Crippen molar-refractivity contribution in [1.29, 1.82) is 0 Å². The summed E-state index contributed by atoms with van der Waals surface area (Å²) in [6.45, 7) is 5.42. The van der Waals surface area contributed by atoms with Gasteiger partial charge in [-0.2, -0.15) is 0 Å². The Morgan fingerprint density at radius 2 is 1.94 bits per heavy atom. The van der Waals surface area contributed by atoms with E-state index in [1.165, 1.54) is 36.8 Å². The van der Waals surface area contributed by atoms with E-state index in [9.17, 15) is 5.11 Å². The molecule has 9 atom stereocenters. The topological polar surface area (TPSA) is 42.0 Å². The second-order valence-corrected chi connectivity index (χ2v) is 12.6. The fraction of sp³-hybridized carbons (Fsp3) is 0.625. The third kappa shape index (κ3) is 3.37. The number of epoxide rings is 1. The Morgan fingerprint density at radius 3 is 2.77 bits per heavy atom. The van der Waals surface area contributed by atoms with E-state index in [4.69, 9.17) is 9.47 Å². The summed E-state index contributed by atoms with van der Waals surface area (Å²) in [5.74, 6) is 4.10. The molecule has 1 heterocycles. The van der Waals surface area contributed by atoms with Crippen LogP contribution in [-0.2, 0) is 17.8 Å². The smallest absolute Gasteiger partial charge is 0.120 e. The molecule has 3 saturated carbocycles. The fourth-order valence-corrected chi connectivity index (χ4v) is 9.36. The molecule has 5 aliphatic rings. The molecule has 4 aliphatic carbocycles. The quantitative estimate of drug-likeness (QED) is 0.494. The van der Waals surface area contributed by atoms with Gasteiger partial charge in [0.1, 0.15) is 12.4 Å². The summed E-state index contributed by atoms with van der Waals surface area (Å²) in [6, 6.07) is 17.4. The number of hydrogen-bond acceptors (Lipinski definition) is 3. The van der Waals surface area contributed by atoms with E-state index >= 15 is 0 Å². The fourth-order valence-electron chi connectivity index (χ4n) is 9.36. The minimum atomic E-state index is -0.521. The van der Waals surface area contributed by atoms with Gasteiger partial charge < -0.3 is 14.6 Å². The highest BCUT2D eigenvalue weighted by Gasteiger charge is 2.70. The van der Waals surface area contributed by atoms with Crippen molar-refractivity contribution in [3.63, 3.8) is 0 Å². The van der Waals surface area contributed by atoms with Gasteiger partial charge in [0.25, 0.3) is 0 Å². The van der Waals surface area contributed by atoms with Crippen molar-refractivity contribution < 1.29 is 14.6 Å². The van der Waals surface area contributed by atoms with Crippen LogP contribution in [0, 0.1) is 29.1 Å². The second-order valence-electron chi connectivity index (χ2n) is 12.6. The number of ether oxygens (including phenoxy) is 2. The van der Waals surface area contributed by atoms with E-state index in [1.807, 2.05) is 0 Å². The van der Waals surface area contributed by atoms with Crippen LogP contribution in [0.2, 0.25) is 0 Å². The molecule has 3 heteroatoms. The summed E-state index contributed by atoms with van der Waals surface area (Å²) in [7, 11) is 0. The van der Waals surface area contributed by atoms with Gasteiger partial charge in [-0.05, 0) is 95.9 Å². The zero-order valence-corrected chi connectivity index (χ0v) is 21.3. The highest BCUT2D eigenvalue weighted by atomic mass is 16.6. The minimum absolute atomic E-state index is 0.0397. The number of fused-ring (bicyclic) bond motifs is 8. The average molecular weight is 473 g/mol. The van der Waals surface area contributed by atoms with E-state index in [2.05, 4.69) is 62.4 Å². The highest BCUT2D eigenvalue weighted by Crippen LogP contribution is 2.70. The zero-order valence-electron chi connectivity index (χ0n) is 21.3. The van der Waals surface area contributed by atoms with Crippen molar-refractivity contribution in [3.05, 3.63) is 65.2 Å². The molecule has 7 rings (SSSR count). The summed E-state index contributed by atoms with van der Waals surface area (Å²) in [6.07, 6.45) is 9.98. The van der Waals surface area contributed by atoms with Crippen LogP contribution < -0.4 is 4.74 Å². The Hall–Kier alpha value is -1.84. The minimum Gasteiger partial charge on any atom is -0.489 e. The monoisotopic (exact) mass is 472 g/mol. The van der Waals surface area contributed by atoms with Gasteiger partial charge >= 0.3 is 0 Å². The van der Waals surface area contributed by atoms with Crippen LogP contribution in [0.15, 0.2) is 48.5 Å². The SMILES string of the molecule is CCC[C@@H]1Cc2cc(OCc3ccccc3)ccc2C2CC[C@@]3(C)C(C[C@H]4CC5O[C@@H]5C[C@]43O)C21. The van der Waals surface area contributed by atoms with Crippen molar-refractivity contribution in [2.45, 2.75) is 95.5 Å². The number of aliphatic hydroxyl groups is 1. The molecule has 0 amide bonds. The molecule has 186 valence electrons. The first-order valence-corrected chi connectivity index (χ1v) is 14.2. The second kappa shape index (κ2) is 8.08. The van der Waals surface area contributed by atoms with Crippen LogP contribution in [0.3, 0.4) is 0 Å². The average Bonchev–Trinajstić information content (AvgIpc) is 3.57. The summed E-state index contributed by atoms with van der Waals surface area (Å²) >= 11 is 0. The molecule has 1 N–H and O–H groups in total. The van der Waals surface area contributed by atoms with Crippen LogP contribution >= 0.6 is 0 Å². The first-order valence-electron chi connectivity index (χ1n) is 14.2. The van der Waals surface area contributed by atoms with E-state index in [1.54, 1.807) is 5.56 Å². The largest absolute Gasteiger partial charge is 0.489 e. The van der Waals surface area contributed by atoms with Crippen LogP contribution in [0.5, 0.6) is 5.75 Å². The maximum Gasteiger partial charge on any atom is 0.120 e. The normalized spacial score (nSPS) is 42.8. The first-order chi connectivity index (χ1) is 17.0. The predicted octanol–water partition coefficient (Wildman–Crippen LogP) is 6.67. The van der Waals surface area contributed by atoms with Crippen molar-refractivity contribution >= 4 is 0 Å². The molecule has 2 aromatic carbocycles. The molecule has 2 aromatic rings. The van der Waals surface area contributed by atoms with Crippen molar-refractivity contribution in [3.8, 4) is 5.75 Å². The number of rotatable bonds is 5. The lowest BCUT2D eigenvalue weighted by Crippen LogP contribution is -2.55. The van der Waals surface area contributed by atoms with Gasteiger partial charge in [-0.1, -0.05) is 63.1 Å². The van der Waals surface area contributed by atoms with Crippen molar-refractivity contribution in [2.75, 3.05) is 0 Å². The van der Waals surface area contributed by atoms with Gasteiger partial charge in [-0.15, -0.1) is 0 Å². The molecule has 0 aromatic heterocycles. The van der Waals surface area contributed by atoms with Crippen LogP contribution in [0.4, 0.5) is 0 Å². The van der Waals surface area contributed by atoms with Crippen molar-refractivity contribution in [2.24, 2.45) is 29.1 Å². The molecule has 0 radical (unpaired) electrons. The third-order valence-electron chi connectivity index (χ3n) is 11.1. The van der Waals surface area contributed by atoms with Crippen LogP contribution in [0.25, 0.3) is 0 Å². The standard InChI is InChI=1S/C32H40O3/c1-3-7-21-14-22-15-24(34-19-20-8-5-4-6-9-20)10-11-25(22)26-12-13-31(2)27(30(21)26)16-23-17-28-29(35-28)18-32(23,31)33/h4-6,8-11,15,21,23,26-30,33H,3,7,12-14,16-19H2,1-2H3/t21-,23+,26?,27?,28?,29-,30?,31+,32+/m1/s1. The lowest BCUT2D eigenvalue weighted by atomic mass is 9.49. The Labute approximate surface area is 210 Å². The molecule has 4 fully saturated rings. The zero-order chi connectivity index (χ0) is 23.8. The molecule has 1 saturated heterocycles. The van der Waals surface area contributed by atoms with Gasteiger partial charge in [-0.3, -0.25) is 0 Å². The molecular weight excluding hydrogens is 432 g/mol. The molecule has 35 heavy (non-hydrogen) atoms. The third-order valence-corrected chi connectivity index (χ3v) is 11.1. The van der Waals surface area contributed by atoms with Gasteiger partial charge in [0.05, 0.1) is 17.8 Å². The molecule has 0 spiro atoms. The van der Waals surface area contributed by atoms with Gasteiger partial charge in [0.15, 0.2) is 0 Å². The lowest BCUT2D eigenvalue weighted by Gasteiger charge is -2.56. The molecule has 1 aliphatic heterocycles. The Bertz CT molecular complexity index is 1100. The Balaban J connectivity index is 1.18. The van der Waals surface area contributed by atoms with E-state index in [0.717, 1.165) is 31.4 Å². The van der Waals surface area contributed by atoms with Gasteiger partial charge in [0.2, 0.25) is 0 Å². The van der Waals surface area contributed by atoms with E-state index in [0.29, 0.717) is 48.4 Å². The summed E-state index contributed by atoms with van der Waals surface area (Å²) in [4.78, 5) is 0. The van der Waals surface area contributed by atoms with Crippen LogP contribution in [0.1, 0.15) is 81.4 Å². The van der Waals surface area contributed by atoms with E-state index < -0.39 is 5.60 Å². The maximum absolute atomic E-state index is 12.2.